The van der Waals surface area contributed by atoms with E-state index in [-0.39, 0.29) is 58.2 Å². The molecule has 0 saturated heterocycles. The van der Waals surface area contributed by atoms with Crippen molar-refractivity contribution < 1.29 is 62.7 Å². The van der Waals surface area contributed by atoms with Crippen LogP contribution in [0.5, 0.6) is 0 Å². The molecule has 1 aromatic heterocycles. The van der Waals surface area contributed by atoms with Crippen molar-refractivity contribution in [2.24, 2.45) is 0 Å². The summed E-state index contributed by atoms with van der Waals surface area (Å²) >= 11 is 0. The van der Waals surface area contributed by atoms with Gasteiger partial charge in [0.25, 0.3) is 0 Å². The Kier molecular flexibility index (Phi) is 5.36. The molecule has 0 aliphatic carbocycles. The maximum atomic E-state index is 4.57. The molecule has 0 unspecified atom stereocenters. The van der Waals surface area contributed by atoms with Crippen LogP contribution < -0.4 is 58.2 Å². The molecule has 0 fully saturated rings. The normalized spacial score (nSPS) is 8.12. The standard InChI is InChI=1S/C4H5N2O.Rb/c1-2-4-5-3-6-7-4;/h2H2,1H3;/q-1;+1. The van der Waals surface area contributed by atoms with Crippen LogP contribution >= 0.6 is 0 Å². The molecule has 0 radical (unpaired) electrons. The summed E-state index contributed by atoms with van der Waals surface area (Å²) in [6.45, 7) is 1.95. The van der Waals surface area contributed by atoms with Crippen LogP contribution in [0.25, 0.3) is 0 Å². The molecule has 38 valence electrons. The molecule has 0 N–H and O–H groups in total. The molecule has 0 amide bonds. The zero-order valence-corrected chi connectivity index (χ0v) is 9.93. The summed E-state index contributed by atoms with van der Waals surface area (Å²) in [6.07, 6.45) is 3.10. The van der Waals surface area contributed by atoms with Gasteiger partial charge in [0.1, 0.15) is 0 Å². The molecule has 0 aliphatic heterocycles. The van der Waals surface area contributed by atoms with Crippen molar-refractivity contribution >= 4 is 0 Å². The van der Waals surface area contributed by atoms with E-state index in [0.29, 0.717) is 5.89 Å². The van der Waals surface area contributed by atoms with Gasteiger partial charge in [-0.25, -0.2) is 0 Å². The van der Waals surface area contributed by atoms with E-state index in [1.807, 2.05) is 6.92 Å². The van der Waals surface area contributed by atoms with Crippen LogP contribution in [-0.2, 0) is 6.42 Å². The smallest absolute Gasteiger partial charge is 0.450 e. The van der Waals surface area contributed by atoms with Crippen LogP contribution in [0.1, 0.15) is 12.8 Å². The molecule has 0 aliphatic rings. The maximum absolute atomic E-state index is 4.57. The molecule has 0 aromatic carbocycles. The first kappa shape index (κ1) is 8.95. The Balaban J connectivity index is 0.000000490. The molecule has 1 aromatic rings. The molecular weight excluding hydrogens is 178 g/mol. The molecule has 4 heteroatoms. The van der Waals surface area contributed by atoms with Crippen molar-refractivity contribution in [1.29, 1.82) is 0 Å². The minimum atomic E-state index is 0. The van der Waals surface area contributed by atoms with Gasteiger partial charge in [-0.05, 0) is 12.7 Å². The summed E-state index contributed by atoms with van der Waals surface area (Å²) in [6, 6.07) is 0. The molecule has 0 atom stereocenters. The first-order valence-corrected chi connectivity index (χ1v) is 2.12. The third kappa shape index (κ3) is 2.48. The van der Waals surface area contributed by atoms with E-state index in [0.717, 1.165) is 6.42 Å². The number of aryl methyl sites for hydroxylation is 1. The van der Waals surface area contributed by atoms with Crippen molar-refractivity contribution in [3.8, 4) is 0 Å². The minimum Gasteiger partial charge on any atom is -0.450 e. The van der Waals surface area contributed by atoms with E-state index in [4.69, 9.17) is 0 Å². The molecule has 0 saturated carbocycles. The Bertz CT molecular complexity index is 129. The van der Waals surface area contributed by atoms with Gasteiger partial charge in [0.05, 0.1) is 5.89 Å². The number of nitrogens with zero attached hydrogens (tertiary/aromatic N) is 2. The fraction of sp³-hybridized carbons (Fsp3) is 0.500. The van der Waals surface area contributed by atoms with E-state index in [1.54, 1.807) is 0 Å². The predicted octanol–water partition coefficient (Wildman–Crippen LogP) is -2.56. The number of hydrogen-bond donors (Lipinski definition) is 0. The van der Waals surface area contributed by atoms with Crippen molar-refractivity contribution in [3.63, 3.8) is 0 Å². The zero-order chi connectivity index (χ0) is 5.11. The number of hydrogen-bond acceptors (Lipinski definition) is 3. The van der Waals surface area contributed by atoms with Crippen molar-refractivity contribution in [2.75, 3.05) is 0 Å². The largest absolute Gasteiger partial charge is 1.00 e. The van der Waals surface area contributed by atoms with Crippen LogP contribution in [-0.4, -0.2) is 10.1 Å². The molecular formula is C4H5N2ORb. The van der Waals surface area contributed by atoms with Crippen molar-refractivity contribution in [3.05, 3.63) is 12.2 Å². The molecule has 0 bridgehead atoms. The van der Waals surface area contributed by atoms with Gasteiger partial charge in [-0.2, -0.15) is 5.16 Å². The molecule has 1 heterocycles. The number of rotatable bonds is 1. The van der Waals surface area contributed by atoms with Crippen LogP contribution in [0, 0.1) is 6.33 Å². The maximum Gasteiger partial charge on any atom is 1.00 e. The Labute approximate surface area is 96.6 Å². The van der Waals surface area contributed by atoms with Gasteiger partial charge in [-0.15, -0.1) is 0 Å². The molecule has 3 nitrogen and oxygen atoms in total. The number of aromatic nitrogens is 2. The molecule has 8 heavy (non-hydrogen) atoms. The summed E-state index contributed by atoms with van der Waals surface area (Å²) in [5.74, 6) is 0.639. The van der Waals surface area contributed by atoms with Crippen LogP contribution in [0.15, 0.2) is 4.52 Å². The summed E-state index contributed by atoms with van der Waals surface area (Å²) in [4.78, 5) is 3.63. The van der Waals surface area contributed by atoms with Gasteiger partial charge in [-0.1, -0.05) is 6.92 Å². The molecule has 1 rings (SSSR count). The molecule has 0 spiro atoms. The van der Waals surface area contributed by atoms with Gasteiger partial charge in [0.15, 0.2) is 0 Å². The second-order valence-corrected chi connectivity index (χ2v) is 1.14. The van der Waals surface area contributed by atoms with Gasteiger partial charge >= 0.3 is 58.2 Å². The van der Waals surface area contributed by atoms with Gasteiger partial charge in [0.2, 0.25) is 0 Å². The first-order chi connectivity index (χ1) is 3.43. The van der Waals surface area contributed by atoms with E-state index in [2.05, 4.69) is 21.0 Å². The van der Waals surface area contributed by atoms with Crippen molar-refractivity contribution in [2.45, 2.75) is 13.3 Å². The minimum absolute atomic E-state index is 0. The SMILES string of the molecule is CCc1n[c-]no1.[Rb+]. The van der Waals surface area contributed by atoms with Gasteiger partial charge in [-0.3, -0.25) is 0 Å². The topological polar surface area (TPSA) is 38.9 Å². The summed E-state index contributed by atoms with van der Waals surface area (Å²) in [7, 11) is 0. The fourth-order valence-corrected chi connectivity index (χ4v) is 0.313. The Morgan fingerprint density at radius 3 is 2.75 bits per heavy atom. The van der Waals surface area contributed by atoms with E-state index < -0.39 is 0 Å². The Hall–Kier alpha value is 0.945. The predicted molar refractivity (Wildman–Crippen MR) is 22.5 cm³/mol. The van der Waals surface area contributed by atoms with E-state index >= 15 is 0 Å². The Morgan fingerprint density at radius 1 is 1.75 bits per heavy atom. The van der Waals surface area contributed by atoms with Crippen LogP contribution in [0.4, 0.5) is 0 Å². The third-order valence-corrected chi connectivity index (χ3v) is 0.669. The fourth-order valence-electron chi connectivity index (χ4n) is 0.313. The summed E-state index contributed by atoms with van der Waals surface area (Å²) in [5.41, 5.74) is 0. The monoisotopic (exact) mass is 182 g/mol. The van der Waals surface area contributed by atoms with Gasteiger partial charge < -0.3 is 9.51 Å². The van der Waals surface area contributed by atoms with E-state index in [9.17, 15) is 0 Å². The zero-order valence-electron chi connectivity index (χ0n) is 5.01. The third-order valence-electron chi connectivity index (χ3n) is 0.669. The Morgan fingerprint density at radius 2 is 2.50 bits per heavy atom. The summed E-state index contributed by atoms with van der Waals surface area (Å²) in [5, 5.41) is 3.28. The van der Waals surface area contributed by atoms with Crippen LogP contribution in [0.2, 0.25) is 0 Å². The van der Waals surface area contributed by atoms with E-state index in [1.165, 1.54) is 0 Å². The van der Waals surface area contributed by atoms with Gasteiger partial charge in [0, 0.05) is 0 Å². The summed E-state index contributed by atoms with van der Waals surface area (Å²) < 4.78 is 4.57. The average molecular weight is 183 g/mol. The quantitative estimate of drug-likeness (QED) is 0.449. The van der Waals surface area contributed by atoms with Crippen molar-refractivity contribution in [1.82, 2.24) is 10.1 Å². The van der Waals surface area contributed by atoms with Crippen LogP contribution in [0.3, 0.4) is 0 Å². The second kappa shape index (κ2) is 4.79. The first-order valence-electron chi connectivity index (χ1n) is 2.12. The average Bonchev–Trinajstić information content (AvgIpc) is 2.14. The second-order valence-electron chi connectivity index (χ2n) is 1.14.